The number of methoxy groups -OCH3 is 1. The van der Waals surface area contributed by atoms with Gasteiger partial charge >= 0.3 is 5.97 Å². The fourth-order valence-corrected chi connectivity index (χ4v) is 5.37. The van der Waals surface area contributed by atoms with Crippen LogP contribution in [0.1, 0.15) is 35.3 Å². The number of carbonyl (C=O) groups excluding carboxylic acids is 1. The molecule has 0 amide bonds. The van der Waals surface area contributed by atoms with Crippen molar-refractivity contribution in [3.05, 3.63) is 71.8 Å². The second-order valence-corrected chi connectivity index (χ2v) is 10.3. The summed E-state index contributed by atoms with van der Waals surface area (Å²) >= 11 is 0. The van der Waals surface area contributed by atoms with Gasteiger partial charge in [-0.15, -0.1) is 0 Å². The first-order chi connectivity index (χ1) is 15.3. The van der Waals surface area contributed by atoms with E-state index in [4.69, 9.17) is 4.74 Å². The quantitative estimate of drug-likeness (QED) is 0.571. The van der Waals surface area contributed by atoms with E-state index in [1.54, 1.807) is 12.1 Å². The molecular weight excluding hydrogens is 424 g/mol. The molecule has 4 rings (SSSR count). The summed E-state index contributed by atoms with van der Waals surface area (Å²) in [5.41, 5.74) is 2.17. The lowest BCUT2D eigenvalue weighted by Crippen LogP contribution is -2.34. The predicted molar refractivity (Wildman–Crippen MR) is 127 cm³/mol. The minimum Gasteiger partial charge on any atom is -0.465 e. The Kier molecular flexibility index (Phi) is 6.22. The maximum absolute atomic E-state index is 12.2. The molecule has 2 atom stereocenters. The summed E-state index contributed by atoms with van der Waals surface area (Å²) in [6.07, 6.45) is 2.05. The molecule has 7 heteroatoms. The fraction of sp³-hybridized carbons (Fsp3) is 0.320. The molecule has 168 valence electrons. The van der Waals surface area contributed by atoms with Crippen molar-refractivity contribution in [3.63, 3.8) is 0 Å². The van der Waals surface area contributed by atoms with Gasteiger partial charge < -0.3 is 15.0 Å². The largest absolute Gasteiger partial charge is 0.465 e. The van der Waals surface area contributed by atoms with Crippen LogP contribution >= 0.6 is 0 Å². The predicted octanol–water partition coefficient (Wildman–Crippen LogP) is 3.96. The average molecular weight is 453 g/mol. The SMILES string of the molecule is COC(=O)c1cc(N2CC[C@H](N[C@H](C)c3cccc4ccccc34)C2)ccc1S(C)(=O)=O. The number of hydrogen-bond acceptors (Lipinski definition) is 6. The molecule has 1 fully saturated rings. The fourth-order valence-electron chi connectivity index (χ4n) is 4.51. The highest BCUT2D eigenvalue weighted by Gasteiger charge is 2.27. The average Bonchev–Trinajstić information content (AvgIpc) is 3.25. The molecule has 1 N–H and O–H groups in total. The van der Waals surface area contributed by atoms with Gasteiger partial charge in [-0.3, -0.25) is 0 Å². The molecule has 0 aromatic heterocycles. The van der Waals surface area contributed by atoms with E-state index < -0.39 is 15.8 Å². The molecule has 0 bridgehead atoms. The molecule has 3 aromatic carbocycles. The summed E-state index contributed by atoms with van der Waals surface area (Å²) in [5.74, 6) is -0.647. The lowest BCUT2D eigenvalue weighted by Gasteiger charge is -2.23. The summed E-state index contributed by atoms with van der Waals surface area (Å²) in [6, 6.07) is 20.1. The number of benzene rings is 3. The van der Waals surface area contributed by atoms with E-state index in [9.17, 15) is 13.2 Å². The van der Waals surface area contributed by atoms with Crippen molar-refractivity contribution in [3.8, 4) is 0 Å². The van der Waals surface area contributed by atoms with Crippen LogP contribution in [0.3, 0.4) is 0 Å². The highest BCUT2D eigenvalue weighted by atomic mass is 32.2. The number of esters is 1. The number of anilines is 1. The second-order valence-electron chi connectivity index (χ2n) is 8.33. The molecule has 1 heterocycles. The van der Waals surface area contributed by atoms with Gasteiger partial charge in [0.05, 0.1) is 17.6 Å². The van der Waals surface area contributed by atoms with Crippen molar-refractivity contribution < 1.29 is 17.9 Å². The number of ether oxygens (including phenoxy) is 1. The van der Waals surface area contributed by atoms with Gasteiger partial charge in [0.2, 0.25) is 0 Å². The van der Waals surface area contributed by atoms with Crippen LogP contribution in [0.2, 0.25) is 0 Å². The Morgan fingerprint density at radius 2 is 1.88 bits per heavy atom. The van der Waals surface area contributed by atoms with E-state index >= 15 is 0 Å². The topological polar surface area (TPSA) is 75.7 Å². The Labute approximate surface area is 189 Å². The lowest BCUT2D eigenvalue weighted by molar-refractivity contribution is 0.0596. The minimum atomic E-state index is -3.54. The Balaban J connectivity index is 1.52. The van der Waals surface area contributed by atoms with E-state index in [-0.39, 0.29) is 22.5 Å². The van der Waals surface area contributed by atoms with Crippen molar-refractivity contribution in [1.82, 2.24) is 5.32 Å². The lowest BCUT2D eigenvalue weighted by atomic mass is 9.99. The standard InChI is InChI=1S/C25H28N2O4S/c1-17(21-10-6-8-18-7-4-5-9-22(18)21)26-19-13-14-27(16-19)20-11-12-24(32(3,29)30)23(15-20)25(28)31-2/h4-12,15,17,19,26H,13-14,16H2,1-3H3/t17-,19+/m1/s1. The molecule has 0 unspecified atom stereocenters. The third kappa shape index (κ3) is 4.49. The van der Waals surface area contributed by atoms with E-state index in [1.807, 2.05) is 0 Å². The third-order valence-corrected chi connectivity index (χ3v) is 7.25. The molecule has 32 heavy (non-hydrogen) atoms. The highest BCUT2D eigenvalue weighted by molar-refractivity contribution is 7.90. The molecule has 0 spiro atoms. The maximum Gasteiger partial charge on any atom is 0.339 e. The number of sulfone groups is 1. The smallest absolute Gasteiger partial charge is 0.339 e. The van der Waals surface area contributed by atoms with E-state index in [0.717, 1.165) is 31.5 Å². The molecule has 0 radical (unpaired) electrons. The summed E-state index contributed by atoms with van der Waals surface area (Å²) in [4.78, 5) is 14.4. The minimum absolute atomic E-state index is 0.00782. The number of hydrogen-bond donors (Lipinski definition) is 1. The van der Waals surface area contributed by atoms with Gasteiger partial charge in [0.25, 0.3) is 0 Å². The number of nitrogens with one attached hydrogen (secondary N) is 1. The van der Waals surface area contributed by atoms with Gasteiger partial charge in [-0.05, 0) is 47.9 Å². The first-order valence-corrected chi connectivity index (χ1v) is 12.6. The summed E-state index contributed by atoms with van der Waals surface area (Å²) < 4.78 is 29.0. The van der Waals surface area contributed by atoms with E-state index in [1.165, 1.54) is 29.5 Å². The Hall–Kier alpha value is -2.90. The molecule has 0 aliphatic carbocycles. The third-order valence-electron chi connectivity index (χ3n) is 6.10. The van der Waals surface area contributed by atoms with Gasteiger partial charge in [0.1, 0.15) is 0 Å². The van der Waals surface area contributed by atoms with Crippen LogP contribution in [0.15, 0.2) is 65.6 Å². The normalized spacial score (nSPS) is 17.5. The van der Waals surface area contributed by atoms with Gasteiger partial charge in [-0.2, -0.15) is 0 Å². The van der Waals surface area contributed by atoms with Crippen LogP contribution in [0.25, 0.3) is 10.8 Å². The molecular formula is C25H28N2O4S. The van der Waals surface area contributed by atoms with E-state index in [2.05, 4.69) is 59.6 Å². The van der Waals surface area contributed by atoms with Crippen molar-refractivity contribution in [1.29, 1.82) is 0 Å². The number of nitrogens with zero attached hydrogens (tertiary/aromatic N) is 1. The Morgan fingerprint density at radius 3 is 2.62 bits per heavy atom. The van der Waals surface area contributed by atoms with Crippen molar-refractivity contribution in [2.75, 3.05) is 31.4 Å². The van der Waals surface area contributed by atoms with Crippen LogP contribution in [-0.4, -0.2) is 46.9 Å². The van der Waals surface area contributed by atoms with Gasteiger partial charge in [0, 0.05) is 37.1 Å². The molecule has 3 aromatic rings. The maximum atomic E-state index is 12.2. The van der Waals surface area contributed by atoms with Crippen LogP contribution in [0.4, 0.5) is 5.69 Å². The van der Waals surface area contributed by atoms with Gasteiger partial charge in [-0.1, -0.05) is 42.5 Å². The zero-order chi connectivity index (χ0) is 22.9. The first-order valence-electron chi connectivity index (χ1n) is 10.7. The van der Waals surface area contributed by atoms with Crippen LogP contribution in [0, 0.1) is 0 Å². The monoisotopic (exact) mass is 452 g/mol. The second kappa shape index (κ2) is 8.92. The van der Waals surface area contributed by atoms with Crippen molar-refractivity contribution in [2.24, 2.45) is 0 Å². The van der Waals surface area contributed by atoms with Crippen LogP contribution < -0.4 is 10.2 Å². The summed E-state index contributed by atoms with van der Waals surface area (Å²) in [6.45, 7) is 3.77. The number of rotatable bonds is 6. The molecule has 1 saturated heterocycles. The Morgan fingerprint density at radius 1 is 1.12 bits per heavy atom. The molecule has 6 nitrogen and oxygen atoms in total. The summed E-state index contributed by atoms with van der Waals surface area (Å²) in [7, 11) is -2.28. The molecule has 0 saturated carbocycles. The zero-order valence-electron chi connectivity index (χ0n) is 18.5. The first kappa shape index (κ1) is 22.3. The summed E-state index contributed by atoms with van der Waals surface area (Å²) in [5, 5.41) is 6.23. The van der Waals surface area contributed by atoms with Crippen LogP contribution in [-0.2, 0) is 14.6 Å². The van der Waals surface area contributed by atoms with Crippen molar-refractivity contribution in [2.45, 2.75) is 30.3 Å². The molecule has 1 aliphatic heterocycles. The van der Waals surface area contributed by atoms with Gasteiger partial charge in [0.15, 0.2) is 9.84 Å². The van der Waals surface area contributed by atoms with Crippen LogP contribution in [0.5, 0.6) is 0 Å². The number of carbonyl (C=O) groups is 1. The van der Waals surface area contributed by atoms with Gasteiger partial charge in [-0.25, -0.2) is 13.2 Å². The molecule has 1 aliphatic rings. The Bertz CT molecular complexity index is 1250. The number of fused-ring (bicyclic) bond motifs is 1. The van der Waals surface area contributed by atoms with Crippen molar-refractivity contribution >= 4 is 32.3 Å². The highest BCUT2D eigenvalue weighted by Crippen LogP contribution is 2.29. The zero-order valence-corrected chi connectivity index (χ0v) is 19.4. The van der Waals surface area contributed by atoms with E-state index in [0.29, 0.717) is 0 Å².